The van der Waals surface area contributed by atoms with Crippen LogP contribution in [-0.4, -0.2) is 39.9 Å². The first-order valence-corrected chi connectivity index (χ1v) is 50.8. The summed E-state index contributed by atoms with van der Waals surface area (Å²) < 4.78 is 0. The molecule has 8 nitrogen and oxygen atoms in total. The summed E-state index contributed by atoms with van der Waals surface area (Å²) in [6.45, 7) is 0. The van der Waals surface area contributed by atoms with Crippen molar-refractivity contribution in [2.75, 3.05) is 0 Å². The Labute approximate surface area is 867 Å². The van der Waals surface area contributed by atoms with Crippen molar-refractivity contribution >= 4 is 130 Å². The fourth-order valence-electron chi connectivity index (χ4n) is 21.5. The van der Waals surface area contributed by atoms with Crippen LogP contribution in [0.5, 0.6) is 0 Å². The minimum Gasteiger partial charge on any atom is -0.227 e. The molecular formula is C142H92N8. The van der Waals surface area contributed by atoms with Crippen LogP contribution < -0.4 is 0 Å². The number of hydrogen-bond donors (Lipinski definition) is 0. The molecule has 0 atom stereocenters. The molecule has 0 amide bonds. The van der Waals surface area contributed by atoms with Crippen LogP contribution in [0.2, 0.25) is 0 Å². The molecule has 700 valence electrons. The van der Waals surface area contributed by atoms with Gasteiger partial charge in [0.25, 0.3) is 0 Å². The molecule has 0 spiro atoms. The van der Waals surface area contributed by atoms with Crippen LogP contribution in [0.4, 0.5) is 0 Å². The second kappa shape index (κ2) is 39.9. The van der Waals surface area contributed by atoms with Gasteiger partial charge in [0.2, 0.25) is 0 Å². The molecule has 4 aromatic heterocycles. The topological polar surface area (TPSA) is 103 Å². The van der Waals surface area contributed by atoms with Crippen molar-refractivity contribution in [1.82, 2.24) is 39.9 Å². The van der Waals surface area contributed by atoms with Crippen LogP contribution >= 0.6 is 0 Å². The number of fused-ring (bicyclic) bond motifs is 16. The highest BCUT2D eigenvalue weighted by molar-refractivity contribution is 6.22. The Hall–Kier alpha value is -20.1. The van der Waals surface area contributed by atoms with Gasteiger partial charge in [0.1, 0.15) is 0 Å². The third-order valence-electron chi connectivity index (χ3n) is 28.7. The number of rotatable bonds is 13. The maximum atomic E-state index is 5.30. The van der Waals surface area contributed by atoms with Gasteiger partial charge in [-0.05, 0) is 145 Å². The van der Waals surface area contributed by atoms with Gasteiger partial charge < -0.3 is 0 Å². The highest BCUT2D eigenvalue weighted by Crippen LogP contribution is 2.48. The molecule has 4 heterocycles. The zero-order chi connectivity index (χ0) is 99.6. The second-order valence-electron chi connectivity index (χ2n) is 37.7. The lowest BCUT2D eigenvalue weighted by atomic mass is 9.91. The zero-order valence-corrected chi connectivity index (χ0v) is 81.7. The number of aromatic nitrogens is 8. The van der Waals surface area contributed by atoms with E-state index in [0.717, 1.165) is 161 Å². The van der Waals surface area contributed by atoms with E-state index >= 15 is 0 Å². The largest absolute Gasteiger partial charge is 0.227 e. The predicted molar refractivity (Wildman–Crippen MR) is 629 cm³/mol. The lowest BCUT2D eigenvalue weighted by Gasteiger charge is -2.16. The summed E-state index contributed by atoms with van der Waals surface area (Å²) in [6.07, 6.45) is 0. The molecule has 29 aromatic rings. The highest BCUT2D eigenvalue weighted by atomic mass is 14.9. The molecule has 0 saturated heterocycles. The Kier molecular flexibility index (Phi) is 23.9. The highest BCUT2D eigenvalue weighted by Gasteiger charge is 2.26. The zero-order valence-electron chi connectivity index (χ0n) is 81.7. The lowest BCUT2D eigenvalue weighted by Crippen LogP contribution is -1.98. The van der Waals surface area contributed by atoms with Crippen LogP contribution in [0.15, 0.2) is 558 Å². The van der Waals surface area contributed by atoms with Crippen molar-refractivity contribution in [2.45, 2.75) is 0 Å². The number of hydrogen-bond acceptors (Lipinski definition) is 8. The summed E-state index contributed by atoms with van der Waals surface area (Å²) in [6, 6.07) is 196. The SMILES string of the molecule is c1ccc(-c2ccc(-c3nc(-c4ccccc4)nc4c3cc(-c3ccccc3)c3ccccc34)cc2)cc1.c1ccc(-c2nc(-c3cccc4ccccc34)c3cc(-c4ccccc4)c4ccccc4c3n2)cc1.c1ccc(-c2nc(-c3cccc4ccccc34)nc3c2cc(-c2cccc4ccccc24)c2ccccc23)cc1.c1ccc(-c2nc(-c3ccccc3)c3cc(-c4cccc5ccccc45)c4ccccc4c3n2)cc1. The third kappa shape index (κ3) is 17.2. The van der Waals surface area contributed by atoms with Gasteiger partial charge in [-0.15, -0.1) is 0 Å². The van der Waals surface area contributed by atoms with Gasteiger partial charge in [-0.3, -0.25) is 0 Å². The van der Waals surface area contributed by atoms with Crippen molar-refractivity contribution < 1.29 is 0 Å². The van der Waals surface area contributed by atoms with E-state index in [1.807, 2.05) is 66.7 Å². The molecule has 0 aliphatic rings. The van der Waals surface area contributed by atoms with Gasteiger partial charge >= 0.3 is 0 Å². The summed E-state index contributed by atoms with van der Waals surface area (Å²) in [5.74, 6) is 2.96. The van der Waals surface area contributed by atoms with E-state index < -0.39 is 0 Å². The molecule has 8 heteroatoms. The van der Waals surface area contributed by atoms with Crippen molar-refractivity contribution in [1.29, 1.82) is 0 Å². The predicted octanol–water partition coefficient (Wildman–Crippen LogP) is 37.4. The van der Waals surface area contributed by atoms with E-state index in [1.165, 1.54) is 115 Å². The molecule has 0 unspecified atom stereocenters. The summed E-state index contributed by atoms with van der Waals surface area (Å²) >= 11 is 0. The number of nitrogens with zero attached hydrogens (tertiary/aromatic N) is 8. The first kappa shape index (κ1) is 90.0. The quantitative estimate of drug-likeness (QED) is 0.105. The average Bonchev–Trinajstić information content (AvgIpc) is 0.751. The Balaban J connectivity index is 0.000000101. The van der Waals surface area contributed by atoms with Crippen LogP contribution in [0.1, 0.15) is 0 Å². The molecular weight excluding hydrogens is 1820 g/mol. The van der Waals surface area contributed by atoms with Gasteiger partial charge in [-0.1, -0.05) is 534 Å². The van der Waals surface area contributed by atoms with Crippen LogP contribution in [0, 0.1) is 0 Å². The maximum Gasteiger partial charge on any atom is 0.161 e. The summed E-state index contributed by atoms with van der Waals surface area (Å²) in [4.78, 5) is 41.6. The van der Waals surface area contributed by atoms with E-state index in [-0.39, 0.29) is 0 Å². The van der Waals surface area contributed by atoms with Gasteiger partial charge in [0.05, 0.1) is 44.8 Å². The van der Waals surface area contributed by atoms with Gasteiger partial charge in [0, 0.05) is 87.6 Å². The summed E-state index contributed by atoms with van der Waals surface area (Å²) in [5.41, 5.74) is 28.1. The Morgan fingerprint density at radius 2 is 0.293 bits per heavy atom. The van der Waals surface area contributed by atoms with Crippen molar-refractivity contribution in [3.8, 4) is 146 Å². The van der Waals surface area contributed by atoms with E-state index in [4.69, 9.17) is 39.9 Å². The average molecular weight is 1910 g/mol. The minimum atomic E-state index is 0.734. The van der Waals surface area contributed by atoms with Crippen LogP contribution in [0.25, 0.3) is 276 Å². The molecule has 0 saturated carbocycles. The standard InChI is InChI=1S/C38H24N2.C36H24N2.2C34H22N2/c1-2-14-27(15-3-1)36-35-24-34(30-22-10-16-25-12-4-6-18-28(25)30)31-20-8-9-21-32(31)37(35)40-38(39-36)33-23-11-17-26-13-5-7-19-29(26)33;1-4-12-25(13-5-1)26-20-22-28(23-21-26)34-33-24-32(27-14-6-2-7-15-27)30-18-10-11-19-31(30)35(33)38-36(37-34)29-16-8-3-9-17-29;1-3-13-24(14-4-1)32-31-22-30(27-21-11-17-23-12-7-8-18-26(23)27)28-19-9-10-20-29(28)33(31)36-34(35-32)25-15-5-2-6-16-25;1-3-12-24(13-4-1)30-22-31-32(28-21-11-17-23-14-7-8-18-26(23)28)35-34(25-15-5-2-6-16-25)36-33(31)29-20-10-9-19-27(29)30/h1-24H;1-24H;2*1-22H. The van der Waals surface area contributed by atoms with Crippen molar-refractivity contribution in [3.63, 3.8) is 0 Å². The van der Waals surface area contributed by atoms with Crippen LogP contribution in [-0.2, 0) is 0 Å². The molecule has 0 fully saturated rings. The fourth-order valence-corrected chi connectivity index (χ4v) is 21.5. The van der Waals surface area contributed by atoms with Gasteiger partial charge in [-0.25, -0.2) is 39.9 Å². The molecule has 0 N–H and O–H groups in total. The van der Waals surface area contributed by atoms with Gasteiger partial charge in [0.15, 0.2) is 23.3 Å². The third-order valence-corrected chi connectivity index (χ3v) is 28.7. The van der Waals surface area contributed by atoms with E-state index in [1.54, 1.807) is 0 Å². The minimum absolute atomic E-state index is 0.734. The normalized spacial score (nSPS) is 11.3. The Morgan fingerprint density at radius 3 is 0.633 bits per heavy atom. The molecule has 0 aliphatic carbocycles. The van der Waals surface area contributed by atoms with Gasteiger partial charge in [-0.2, -0.15) is 0 Å². The Bertz CT molecular complexity index is 10200. The summed E-state index contributed by atoms with van der Waals surface area (Å²) in [7, 11) is 0. The first-order chi connectivity index (χ1) is 74.4. The van der Waals surface area contributed by atoms with E-state index in [2.05, 4.69) is 491 Å². The molecule has 150 heavy (non-hydrogen) atoms. The Morgan fingerprint density at radius 1 is 0.0933 bits per heavy atom. The summed E-state index contributed by atoms with van der Waals surface area (Å²) in [5, 5.41) is 23.2. The molecule has 0 radical (unpaired) electrons. The maximum absolute atomic E-state index is 5.30. The molecule has 0 bridgehead atoms. The first-order valence-electron chi connectivity index (χ1n) is 50.8. The number of benzene rings is 25. The van der Waals surface area contributed by atoms with E-state index in [9.17, 15) is 0 Å². The van der Waals surface area contributed by atoms with E-state index in [0.29, 0.717) is 0 Å². The van der Waals surface area contributed by atoms with Crippen LogP contribution in [0.3, 0.4) is 0 Å². The monoisotopic (exact) mass is 1910 g/mol. The van der Waals surface area contributed by atoms with Crippen molar-refractivity contribution in [2.24, 2.45) is 0 Å². The van der Waals surface area contributed by atoms with Crippen molar-refractivity contribution in [3.05, 3.63) is 558 Å². The second-order valence-corrected chi connectivity index (χ2v) is 37.7. The molecule has 25 aromatic carbocycles. The molecule has 0 aliphatic heterocycles. The fraction of sp³-hybridized carbons (Fsp3) is 0. The molecule has 29 rings (SSSR count). The smallest absolute Gasteiger partial charge is 0.161 e. The lowest BCUT2D eigenvalue weighted by molar-refractivity contribution is 1.23.